The highest BCUT2D eigenvalue weighted by molar-refractivity contribution is 6.42. The Morgan fingerprint density at radius 2 is 2.03 bits per heavy atom. The molecule has 1 aromatic heterocycles. The third-order valence-electron chi connectivity index (χ3n) is 4.98. The lowest BCUT2D eigenvalue weighted by Crippen LogP contribution is -2.42. The standard InChI is InChI=1S/C22H21Cl2N3O2/c1-2-29-20-7-4-3-6-18(20)25-21(28)14-26-13-19(27-11-5-8-22(26)27)15-9-10-16(23)17(24)12-15/h3-4,6-7,9-10,12-13H,2,5,8,11,14H2,1H3/p+1. The predicted octanol–water partition coefficient (Wildman–Crippen LogP) is 4.73. The zero-order valence-electron chi connectivity index (χ0n) is 16.1. The smallest absolute Gasteiger partial charge is 0.266 e. The summed E-state index contributed by atoms with van der Waals surface area (Å²) in [5.41, 5.74) is 2.71. The minimum Gasteiger partial charge on any atom is -0.492 e. The number of hydrogen-bond acceptors (Lipinski definition) is 2. The van der Waals surface area contributed by atoms with Gasteiger partial charge in [-0.3, -0.25) is 4.79 Å². The Balaban J connectivity index is 1.58. The van der Waals surface area contributed by atoms with Gasteiger partial charge in [0.15, 0.2) is 12.2 Å². The molecule has 0 unspecified atom stereocenters. The van der Waals surface area contributed by atoms with Crippen LogP contribution < -0.4 is 14.6 Å². The number of hydrogen-bond donors (Lipinski definition) is 1. The number of halogens is 2. The van der Waals surface area contributed by atoms with Crippen LogP contribution in [0, 0.1) is 0 Å². The number of para-hydroxylation sites is 2. The zero-order chi connectivity index (χ0) is 20.4. The normalized spacial score (nSPS) is 12.7. The van der Waals surface area contributed by atoms with E-state index in [-0.39, 0.29) is 12.5 Å². The molecule has 4 rings (SSSR count). The highest BCUT2D eigenvalue weighted by atomic mass is 35.5. The van der Waals surface area contributed by atoms with Gasteiger partial charge in [0.25, 0.3) is 11.7 Å². The maximum atomic E-state index is 12.7. The number of rotatable bonds is 6. The van der Waals surface area contributed by atoms with Gasteiger partial charge in [0, 0.05) is 5.56 Å². The number of nitrogens with one attached hydrogen (secondary N) is 1. The SMILES string of the molecule is CCOc1ccccc1NC(=O)C[n+]1cc(-c2ccc(Cl)c(Cl)c2)n2c1CCC2. The Morgan fingerprint density at radius 3 is 2.83 bits per heavy atom. The van der Waals surface area contributed by atoms with Crippen LogP contribution in [0.4, 0.5) is 5.69 Å². The minimum atomic E-state index is -0.0943. The molecule has 0 saturated heterocycles. The number of amides is 1. The van der Waals surface area contributed by atoms with Gasteiger partial charge in [-0.15, -0.1) is 0 Å². The fourth-order valence-corrected chi connectivity index (χ4v) is 4.03. The first-order valence-electron chi connectivity index (χ1n) is 9.65. The maximum Gasteiger partial charge on any atom is 0.266 e. The molecular formula is C22H22Cl2N3O2+. The first-order chi connectivity index (χ1) is 14.1. The second kappa shape index (κ2) is 8.47. The summed E-state index contributed by atoms with van der Waals surface area (Å²) in [5.74, 6) is 1.72. The molecule has 1 aliphatic rings. The number of anilines is 1. The summed E-state index contributed by atoms with van der Waals surface area (Å²) in [4.78, 5) is 12.7. The van der Waals surface area contributed by atoms with E-state index in [0.717, 1.165) is 36.5 Å². The molecule has 2 heterocycles. The molecule has 1 N–H and O–H groups in total. The van der Waals surface area contributed by atoms with E-state index in [4.69, 9.17) is 27.9 Å². The predicted molar refractivity (Wildman–Crippen MR) is 115 cm³/mol. The summed E-state index contributed by atoms with van der Waals surface area (Å²) in [5, 5.41) is 4.02. The number of nitrogens with zero attached hydrogens (tertiary/aromatic N) is 2. The van der Waals surface area contributed by atoms with Gasteiger partial charge in [0.1, 0.15) is 11.9 Å². The molecule has 0 spiro atoms. The second-order valence-electron chi connectivity index (χ2n) is 6.92. The molecule has 0 radical (unpaired) electrons. The van der Waals surface area contributed by atoms with Gasteiger partial charge in [-0.25, -0.2) is 9.13 Å². The summed E-state index contributed by atoms with van der Waals surface area (Å²) >= 11 is 12.3. The van der Waals surface area contributed by atoms with E-state index in [1.807, 2.05) is 54.1 Å². The Morgan fingerprint density at radius 1 is 1.21 bits per heavy atom. The largest absolute Gasteiger partial charge is 0.492 e. The number of ether oxygens (including phenoxy) is 1. The molecule has 3 aromatic rings. The van der Waals surface area contributed by atoms with E-state index < -0.39 is 0 Å². The summed E-state index contributed by atoms with van der Waals surface area (Å²) in [6.45, 7) is 3.62. The third kappa shape index (κ3) is 4.11. The van der Waals surface area contributed by atoms with Crippen LogP contribution in [0.5, 0.6) is 5.75 Å². The van der Waals surface area contributed by atoms with Crippen LogP contribution in [-0.4, -0.2) is 17.1 Å². The summed E-state index contributed by atoms with van der Waals surface area (Å²) in [6.07, 6.45) is 4.01. The average Bonchev–Trinajstić information content (AvgIpc) is 3.30. The Labute approximate surface area is 179 Å². The van der Waals surface area contributed by atoms with Crippen molar-refractivity contribution in [3.8, 4) is 17.0 Å². The van der Waals surface area contributed by atoms with E-state index >= 15 is 0 Å². The van der Waals surface area contributed by atoms with Gasteiger partial charge in [-0.05, 0) is 43.7 Å². The Kier molecular flexibility index (Phi) is 5.79. The molecular weight excluding hydrogens is 409 g/mol. The van der Waals surface area contributed by atoms with Gasteiger partial charge < -0.3 is 10.1 Å². The van der Waals surface area contributed by atoms with Gasteiger partial charge in [-0.2, -0.15) is 0 Å². The first kappa shape index (κ1) is 19.8. The van der Waals surface area contributed by atoms with E-state index in [1.165, 1.54) is 0 Å². The lowest BCUT2D eigenvalue weighted by molar-refractivity contribution is -0.690. The molecule has 0 bridgehead atoms. The van der Waals surface area contributed by atoms with Crippen molar-refractivity contribution >= 4 is 34.8 Å². The second-order valence-corrected chi connectivity index (χ2v) is 7.73. The fourth-order valence-electron chi connectivity index (χ4n) is 3.73. The maximum absolute atomic E-state index is 12.7. The van der Waals surface area contributed by atoms with Crippen molar-refractivity contribution in [2.45, 2.75) is 32.9 Å². The van der Waals surface area contributed by atoms with E-state index in [9.17, 15) is 4.79 Å². The van der Waals surface area contributed by atoms with Crippen LogP contribution in [0.15, 0.2) is 48.7 Å². The fraction of sp³-hybridized carbons (Fsp3) is 0.273. The van der Waals surface area contributed by atoms with Crippen molar-refractivity contribution in [2.75, 3.05) is 11.9 Å². The molecule has 150 valence electrons. The number of imidazole rings is 1. The van der Waals surface area contributed by atoms with Crippen LogP contribution in [-0.2, 0) is 24.3 Å². The molecule has 1 aliphatic heterocycles. The van der Waals surface area contributed by atoms with Crippen LogP contribution in [0.25, 0.3) is 11.3 Å². The monoisotopic (exact) mass is 430 g/mol. The van der Waals surface area contributed by atoms with Crippen molar-refractivity contribution in [1.29, 1.82) is 0 Å². The van der Waals surface area contributed by atoms with E-state index in [2.05, 4.69) is 9.88 Å². The van der Waals surface area contributed by atoms with E-state index in [0.29, 0.717) is 28.1 Å². The number of benzene rings is 2. The Bertz CT molecular complexity index is 1060. The highest BCUT2D eigenvalue weighted by Crippen LogP contribution is 2.30. The molecule has 0 saturated carbocycles. The lowest BCUT2D eigenvalue weighted by atomic mass is 10.1. The van der Waals surface area contributed by atoms with Gasteiger partial charge in [-0.1, -0.05) is 35.3 Å². The van der Waals surface area contributed by atoms with Crippen molar-refractivity contribution in [1.82, 2.24) is 4.57 Å². The molecule has 0 atom stereocenters. The van der Waals surface area contributed by atoms with Crippen LogP contribution >= 0.6 is 23.2 Å². The van der Waals surface area contributed by atoms with E-state index in [1.54, 1.807) is 6.07 Å². The van der Waals surface area contributed by atoms with Gasteiger partial charge >= 0.3 is 0 Å². The van der Waals surface area contributed by atoms with Crippen LogP contribution in [0.3, 0.4) is 0 Å². The van der Waals surface area contributed by atoms with Gasteiger partial charge in [0.05, 0.1) is 35.3 Å². The van der Waals surface area contributed by atoms with Crippen molar-refractivity contribution in [2.24, 2.45) is 0 Å². The van der Waals surface area contributed by atoms with Crippen molar-refractivity contribution < 1.29 is 14.1 Å². The molecule has 0 aliphatic carbocycles. The topological polar surface area (TPSA) is 47.1 Å². The lowest BCUT2D eigenvalue weighted by Gasteiger charge is -2.10. The molecule has 0 fully saturated rings. The number of aromatic nitrogens is 2. The van der Waals surface area contributed by atoms with Crippen LogP contribution in [0.2, 0.25) is 10.0 Å². The third-order valence-corrected chi connectivity index (χ3v) is 5.72. The van der Waals surface area contributed by atoms with Crippen molar-refractivity contribution in [3.05, 3.63) is 64.5 Å². The molecule has 7 heteroatoms. The highest BCUT2D eigenvalue weighted by Gasteiger charge is 2.30. The molecule has 29 heavy (non-hydrogen) atoms. The Hall–Kier alpha value is -2.50. The summed E-state index contributed by atoms with van der Waals surface area (Å²) < 4.78 is 9.86. The van der Waals surface area contributed by atoms with Crippen molar-refractivity contribution in [3.63, 3.8) is 0 Å². The zero-order valence-corrected chi connectivity index (χ0v) is 17.6. The minimum absolute atomic E-state index is 0.0943. The summed E-state index contributed by atoms with van der Waals surface area (Å²) in [7, 11) is 0. The molecule has 5 nitrogen and oxygen atoms in total. The molecule has 2 aromatic carbocycles. The number of fused-ring (bicyclic) bond motifs is 1. The first-order valence-corrected chi connectivity index (χ1v) is 10.4. The average molecular weight is 431 g/mol. The molecule has 1 amide bonds. The summed E-state index contributed by atoms with van der Waals surface area (Å²) in [6, 6.07) is 13.1. The van der Waals surface area contributed by atoms with Gasteiger partial charge in [0.2, 0.25) is 0 Å². The van der Waals surface area contributed by atoms with Crippen LogP contribution in [0.1, 0.15) is 19.2 Å². The number of carbonyl (C=O) groups excluding carboxylic acids is 1. The quantitative estimate of drug-likeness (QED) is 0.574. The number of carbonyl (C=O) groups is 1.